The average molecular weight is 540 g/mol. The van der Waals surface area contributed by atoms with Crippen LogP contribution in [-0.2, 0) is 19.4 Å². The molecule has 0 radical (unpaired) electrons. The number of nitrogens with zero attached hydrogens (tertiary/aromatic N) is 2. The van der Waals surface area contributed by atoms with Gasteiger partial charge in [-0.05, 0) is 28.1 Å². The van der Waals surface area contributed by atoms with Crippen LogP contribution in [0.2, 0.25) is 5.02 Å². The van der Waals surface area contributed by atoms with E-state index in [0.717, 1.165) is 12.3 Å². The van der Waals surface area contributed by atoms with Crippen LogP contribution in [0.5, 0.6) is 0 Å². The van der Waals surface area contributed by atoms with E-state index < -0.39 is 61.9 Å². The highest BCUT2D eigenvalue weighted by molar-refractivity contribution is 9.10. The Hall–Kier alpha value is -1.98. The summed E-state index contributed by atoms with van der Waals surface area (Å²) < 4.78 is 73.9. The summed E-state index contributed by atoms with van der Waals surface area (Å²) in [6.45, 7) is 3.01. The van der Waals surface area contributed by atoms with Crippen LogP contribution in [0.25, 0.3) is 10.7 Å². The second-order valence-corrected chi connectivity index (χ2v) is 10.2. The highest BCUT2D eigenvalue weighted by Gasteiger charge is 2.46. The summed E-state index contributed by atoms with van der Waals surface area (Å²) in [7, 11) is -4.73. The Morgan fingerprint density at radius 3 is 2.52 bits per heavy atom. The molecular weight excluding hydrogens is 525 g/mol. The fourth-order valence-corrected chi connectivity index (χ4v) is 5.65. The quantitative estimate of drug-likeness (QED) is 0.384. The third-order valence-corrected chi connectivity index (χ3v) is 7.85. The van der Waals surface area contributed by atoms with Gasteiger partial charge in [0.15, 0.2) is 15.6 Å². The number of aromatic nitrogens is 2. The number of rotatable bonds is 5. The molecule has 0 saturated heterocycles. The zero-order valence-corrected chi connectivity index (χ0v) is 19.2. The molecule has 0 aliphatic carbocycles. The lowest BCUT2D eigenvalue weighted by Crippen LogP contribution is -2.28. The molecule has 6 nitrogen and oxygen atoms in total. The second-order valence-electron chi connectivity index (χ2n) is 6.90. The van der Waals surface area contributed by atoms with Crippen molar-refractivity contribution in [3.8, 4) is 0 Å². The van der Waals surface area contributed by atoms with Crippen LogP contribution < -0.4 is 0 Å². The third kappa shape index (κ3) is 4.35. The van der Waals surface area contributed by atoms with Gasteiger partial charge in [0.05, 0.1) is 22.2 Å². The van der Waals surface area contributed by atoms with Crippen molar-refractivity contribution >= 4 is 54.0 Å². The predicted molar refractivity (Wildman–Crippen MR) is 111 cm³/mol. The summed E-state index contributed by atoms with van der Waals surface area (Å²) in [6, 6.07) is 2.20. The van der Waals surface area contributed by atoms with Crippen LogP contribution in [0.4, 0.5) is 13.2 Å². The number of halogens is 5. The largest absolute Gasteiger partial charge is 0.423 e. The number of carbonyl (C=O) groups is 1. The van der Waals surface area contributed by atoms with E-state index in [2.05, 4.69) is 25.9 Å². The molecule has 1 aromatic carbocycles. The zero-order chi connectivity index (χ0) is 23.1. The summed E-state index contributed by atoms with van der Waals surface area (Å²) in [5.74, 6) is -3.17. The maximum absolute atomic E-state index is 14.9. The number of ether oxygens (including phenoxy) is 1. The number of benzene rings is 1. The number of esters is 1. The number of sulfone groups is 1. The maximum Gasteiger partial charge on any atom is 0.313 e. The minimum absolute atomic E-state index is 0.151. The molecule has 0 bridgehead atoms. The van der Waals surface area contributed by atoms with Gasteiger partial charge in [-0.3, -0.25) is 9.78 Å². The van der Waals surface area contributed by atoms with Gasteiger partial charge in [0, 0.05) is 23.3 Å². The van der Waals surface area contributed by atoms with Crippen molar-refractivity contribution in [3.05, 3.63) is 56.8 Å². The van der Waals surface area contributed by atoms with Gasteiger partial charge in [-0.15, -0.1) is 0 Å². The van der Waals surface area contributed by atoms with E-state index in [9.17, 15) is 26.4 Å². The second kappa shape index (κ2) is 8.87. The van der Waals surface area contributed by atoms with Crippen molar-refractivity contribution in [1.82, 2.24) is 9.97 Å². The first kappa shape index (κ1) is 23.7. The van der Waals surface area contributed by atoms with Gasteiger partial charge in [0.1, 0.15) is 21.7 Å². The van der Waals surface area contributed by atoms with Gasteiger partial charge in [0.2, 0.25) is 6.43 Å². The van der Waals surface area contributed by atoms with Gasteiger partial charge < -0.3 is 4.74 Å². The molecular formula is C19H15BrClF3N2O4S. The van der Waals surface area contributed by atoms with Crippen LogP contribution in [0.15, 0.2) is 29.0 Å². The normalized spacial score (nSPS) is 17.8. The number of carbonyl (C=O) groups excluding carboxylic acids is 1. The molecule has 2 heterocycles. The molecule has 0 fully saturated rings. The Kier molecular flexibility index (Phi) is 6.78. The first-order valence-corrected chi connectivity index (χ1v) is 11.6. The lowest BCUT2D eigenvalue weighted by atomic mass is 10.1. The first-order chi connectivity index (χ1) is 14.5. The summed E-state index contributed by atoms with van der Waals surface area (Å²) in [5.41, 5.74) is -1.18. The van der Waals surface area contributed by atoms with Crippen LogP contribution in [0, 0.1) is 11.7 Å². The van der Waals surface area contributed by atoms with Crippen molar-refractivity contribution in [2.75, 3.05) is 0 Å². The Labute approximate surface area is 189 Å². The van der Waals surface area contributed by atoms with E-state index in [4.69, 9.17) is 16.3 Å². The van der Waals surface area contributed by atoms with E-state index in [0.29, 0.717) is 0 Å². The van der Waals surface area contributed by atoms with E-state index >= 15 is 0 Å². The molecule has 2 aromatic rings. The molecule has 0 spiro atoms. The van der Waals surface area contributed by atoms with Gasteiger partial charge in [0.25, 0.3) is 0 Å². The average Bonchev–Trinajstić information content (AvgIpc) is 2.69. The molecule has 0 amide bonds. The summed E-state index contributed by atoms with van der Waals surface area (Å²) in [5, 5.41) is -2.18. The molecule has 3 rings (SSSR count). The maximum atomic E-state index is 14.9. The monoisotopic (exact) mass is 538 g/mol. The van der Waals surface area contributed by atoms with Gasteiger partial charge >= 0.3 is 5.97 Å². The van der Waals surface area contributed by atoms with Crippen LogP contribution >= 0.6 is 27.5 Å². The zero-order valence-electron chi connectivity index (χ0n) is 16.1. The SMILES string of the molecule is CC(C)C(=O)OC1=C(c2c(F)ccc(Br)c2Cl)S(=O)(=O)C(CC(F)F)c2nccnc21. The minimum Gasteiger partial charge on any atom is -0.423 e. The molecule has 1 unspecified atom stereocenters. The lowest BCUT2D eigenvalue weighted by molar-refractivity contribution is -0.140. The molecule has 166 valence electrons. The Balaban J connectivity index is 2.46. The molecule has 1 atom stereocenters. The van der Waals surface area contributed by atoms with Crippen molar-refractivity contribution in [2.24, 2.45) is 5.92 Å². The van der Waals surface area contributed by atoms with Crippen molar-refractivity contribution in [1.29, 1.82) is 0 Å². The molecule has 12 heteroatoms. The highest BCUT2D eigenvalue weighted by atomic mass is 79.9. The molecule has 1 aromatic heterocycles. The fraction of sp³-hybridized carbons (Fsp3) is 0.316. The Bertz CT molecular complexity index is 1190. The van der Waals surface area contributed by atoms with Gasteiger partial charge in [-0.25, -0.2) is 26.6 Å². The van der Waals surface area contributed by atoms with E-state index in [1.807, 2.05) is 0 Å². The number of hydrogen-bond acceptors (Lipinski definition) is 6. The fourth-order valence-electron chi connectivity index (χ4n) is 2.99. The third-order valence-electron chi connectivity index (χ3n) is 4.45. The van der Waals surface area contributed by atoms with Crippen LogP contribution in [0.1, 0.15) is 42.5 Å². The number of alkyl halides is 2. The van der Waals surface area contributed by atoms with Gasteiger partial charge in [-0.2, -0.15) is 0 Å². The van der Waals surface area contributed by atoms with Crippen molar-refractivity contribution in [3.63, 3.8) is 0 Å². The molecule has 0 saturated carbocycles. The standard InChI is InChI=1S/C19H15BrClF3N2O4S/c1-8(2)19(27)30-17-16-15(25-5-6-26-16)11(7-12(23)24)31(28,29)18(17)13-10(22)4-3-9(20)14(13)21/h3-6,8,11-12H,7H2,1-2H3. The summed E-state index contributed by atoms with van der Waals surface area (Å²) in [4.78, 5) is 19.4. The van der Waals surface area contributed by atoms with Crippen molar-refractivity contribution < 1.29 is 31.1 Å². The molecule has 1 aliphatic rings. The highest BCUT2D eigenvalue weighted by Crippen LogP contribution is 2.49. The van der Waals surface area contributed by atoms with Crippen LogP contribution in [0.3, 0.4) is 0 Å². The lowest BCUT2D eigenvalue weighted by Gasteiger charge is -2.28. The Morgan fingerprint density at radius 1 is 1.26 bits per heavy atom. The molecule has 31 heavy (non-hydrogen) atoms. The number of fused-ring (bicyclic) bond motifs is 1. The van der Waals surface area contributed by atoms with E-state index in [-0.39, 0.29) is 20.9 Å². The van der Waals surface area contributed by atoms with Crippen molar-refractivity contribution in [2.45, 2.75) is 31.9 Å². The van der Waals surface area contributed by atoms with Gasteiger partial charge in [-0.1, -0.05) is 25.4 Å². The van der Waals surface area contributed by atoms with Crippen LogP contribution in [-0.4, -0.2) is 30.8 Å². The predicted octanol–water partition coefficient (Wildman–Crippen LogP) is 5.18. The minimum atomic E-state index is -4.73. The smallest absolute Gasteiger partial charge is 0.313 e. The summed E-state index contributed by atoms with van der Waals surface area (Å²) in [6.07, 6.45) is -1.82. The summed E-state index contributed by atoms with van der Waals surface area (Å²) >= 11 is 9.29. The topological polar surface area (TPSA) is 86.2 Å². The first-order valence-electron chi connectivity index (χ1n) is 8.90. The van der Waals surface area contributed by atoms with E-state index in [1.165, 1.54) is 26.1 Å². The molecule has 0 N–H and O–H groups in total. The molecule has 1 aliphatic heterocycles. The van der Waals surface area contributed by atoms with E-state index in [1.54, 1.807) is 0 Å². The number of hydrogen-bond donors (Lipinski definition) is 0. The Morgan fingerprint density at radius 2 is 1.90 bits per heavy atom.